The van der Waals surface area contributed by atoms with Crippen molar-refractivity contribution in [1.29, 1.82) is 0 Å². The average molecular weight is 227 g/mol. The lowest BCUT2D eigenvalue weighted by atomic mass is 10.3. The molecule has 0 saturated heterocycles. The summed E-state index contributed by atoms with van der Waals surface area (Å²) in [5, 5.41) is 6.03. The maximum Gasteiger partial charge on any atom is 0.347 e. The molecule has 0 aliphatic carbocycles. The summed E-state index contributed by atoms with van der Waals surface area (Å²) in [5.41, 5.74) is 1.51. The minimum atomic E-state index is -0.250. The summed E-state index contributed by atoms with van der Waals surface area (Å²) < 4.78 is 3.33. The molecule has 84 valence electrons. The Morgan fingerprint density at radius 2 is 1.82 bits per heavy atom. The van der Waals surface area contributed by atoms with E-state index in [1.807, 2.05) is 35.0 Å². The molecule has 6 nitrogen and oxygen atoms in total. The van der Waals surface area contributed by atoms with E-state index >= 15 is 0 Å². The fourth-order valence-electron chi connectivity index (χ4n) is 1.63. The molecule has 2 aromatic heterocycles. The van der Waals surface area contributed by atoms with E-state index in [0.717, 1.165) is 11.4 Å². The summed E-state index contributed by atoms with van der Waals surface area (Å²) in [6.07, 6.45) is 6.75. The van der Waals surface area contributed by atoms with Crippen LogP contribution in [0.3, 0.4) is 0 Å². The van der Waals surface area contributed by atoms with E-state index in [0.29, 0.717) is 0 Å². The van der Waals surface area contributed by atoms with Crippen LogP contribution in [0.15, 0.2) is 54.1 Å². The zero-order valence-electron chi connectivity index (χ0n) is 8.82. The van der Waals surface area contributed by atoms with Crippen LogP contribution in [0.2, 0.25) is 0 Å². The van der Waals surface area contributed by atoms with Crippen molar-refractivity contribution in [3.05, 3.63) is 59.8 Å². The van der Waals surface area contributed by atoms with Gasteiger partial charge in [0.2, 0.25) is 0 Å². The first-order chi connectivity index (χ1) is 8.34. The Morgan fingerprint density at radius 1 is 1.06 bits per heavy atom. The van der Waals surface area contributed by atoms with Gasteiger partial charge in [-0.3, -0.25) is 0 Å². The molecule has 6 heteroatoms. The van der Waals surface area contributed by atoms with Gasteiger partial charge in [-0.1, -0.05) is 0 Å². The fourth-order valence-corrected chi connectivity index (χ4v) is 1.63. The summed E-state index contributed by atoms with van der Waals surface area (Å²) in [5.74, 6) is 0. The Balaban J connectivity index is 2.01. The SMILES string of the molecule is O=c1[nH]ncn1-c1ccc(-n2ccnc2)cc1. The second-order valence-electron chi connectivity index (χ2n) is 3.52. The van der Waals surface area contributed by atoms with Crippen molar-refractivity contribution >= 4 is 0 Å². The van der Waals surface area contributed by atoms with Crippen molar-refractivity contribution in [2.24, 2.45) is 0 Å². The molecule has 3 aromatic rings. The van der Waals surface area contributed by atoms with E-state index < -0.39 is 0 Å². The smallest absolute Gasteiger partial charge is 0.306 e. The third-order valence-electron chi connectivity index (χ3n) is 2.48. The Hall–Kier alpha value is -2.63. The monoisotopic (exact) mass is 227 g/mol. The highest BCUT2D eigenvalue weighted by Crippen LogP contribution is 2.10. The number of benzene rings is 1. The molecule has 1 N–H and O–H groups in total. The van der Waals surface area contributed by atoms with Crippen LogP contribution in [0.5, 0.6) is 0 Å². The van der Waals surface area contributed by atoms with Crippen molar-refractivity contribution in [2.75, 3.05) is 0 Å². The van der Waals surface area contributed by atoms with E-state index in [1.54, 1.807) is 12.5 Å². The number of rotatable bonds is 2. The topological polar surface area (TPSA) is 68.5 Å². The maximum atomic E-state index is 11.4. The molecule has 0 atom stereocenters. The van der Waals surface area contributed by atoms with Gasteiger partial charge >= 0.3 is 5.69 Å². The number of nitrogens with one attached hydrogen (secondary N) is 1. The lowest BCUT2D eigenvalue weighted by molar-refractivity contribution is 0.978. The van der Waals surface area contributed by atoms with Crippen LogP contribution in [0.4, 0.5) is 0 Å². The van der Waals surface area contributed by atoms with Crippen molar-refractivity contribution in [3.63, 3.8) is 0 Å². The van der Waals surface area contributed by atoms with E-state index in [2.05, 4.69) is 15.2 Å². The van der Waals surface area contributed by atoms with Crippen LogP contribution in [0.25, 0.3) is 11.4 Å². The lowest BCUT2D eigenvalue weighted by Gasteiger charge is -2.04. The maximum absolute atomic E-state index is 11.4. The molecular weight excluding hydrogens is 218 g/mol. The van der Waals surface area contributed by atoms with Gasteiger partial charge in [0, 0.05) is 18.1 Å². The van der Waals surface area contributed by atoms with Crippen molar-refractivity contribution in [3.8, 4) is 11.4 Å². The van der Waals surface area contributed by atoms with E-state index in [4.69, 9.17) is 0 Å². The Labute approximate surface area is 96.2 Å². The van der Waals surface area contributed by atoms with Crippen LogP contribution < -0.4 is 5.69 Å². The number of nitrogens with zero attached hydrogens (tertiary/aromatic N) is 4. The van der Waals surface area contributed by atoms with Gasteiger partial charge in [0.1, 0.15) is 6.33 Å². The van der Waals surface area contributed by atoms with Gasteiger partial charge in [0.25, 0.3) is 0 Å². The number of hydrogen-bond acceptors (Lipinski definition) is 3. The van der Waals surface area contributed by atoms with E-state index in [-0.39, 0.29) is 5.69 Å². The molecule has 17 heavy (non-hydrogen) atoms. The molecule has 0 aliphatic rings. The van der Waals surface area contributed by atoms with Crippen LogP contribution >= 0.6 is 0 Å². The molecule has 2 heterocycles. The first-order valence-electron chi connectivity index (χ1n) is 5.05. The number of aromatic nitrogens is 5. The molecule has 0 bridgehead atoms. The molecule has 0 spiro atoms. The van der Waals surface area contributed by atoms with Gasteiger partial charge < -0.3 is 4.57 Å². The third kappa shape index (κ3) is 1.65. The Kier molecular flexibility index (Phi) is 2.11. The fraction of sp³-hybridized carbons (Fsp3) is 0. The molecule has 0 radical (unpaired) electrons. The van der Waals surface area contributed by atoms with Gasteiger partial charge in [-0.25, -0.2) is 19.4 Å². The third-order valence-corrected chi connectivity index (χ3v) is 2.48. The van der Waals surface area contributed by atoms with Crippen molar-refractivity contribution in [2.45, 2.75) is 0 Å². The van der Waals surface area contributed by atoms with Gasteiger partial charge in [-0.2, -0.15) is 5.10 Å². The minimum Gasteiger partial charge on any atom is -0.306 e. The predicted octanol–water partition coefficient (Wildman–Crippen LogP) is 0.746. The van der Waals surface area contributed by atoms with Crippen molar-refractivity contribution in [1.82, 2.24) is 24.3 Å². The second-order valence-corrected chi connectivity index (χ2v) is 3.52. The zero-order chi connectivity index (χ0) is 11.7. The Morgan fingerprint density at radius 3 is 2.41 bits per heavy atom. The first-order valence-corrected chi connectivity index (χ1v) is 5.05. The minimum absolute atomic E-state index is 0.250. The molecular formula is C11H9N5O. The predicted molar refractivity (Wildman–Crippen MR) is 61.3 cm³/mol. The van der Waals surface area contributed by atoms with Crippen LogP contribution in [0.1, 0.15) is 0 Å². The number of imidazole rings is 1. The highest BCUT2D eigenvalue weighted by atomic mass is 16.1. The van der Waals surface area contributed by atoms with Crippen molar-refractivity contribution < 1.29 is 0 Å². The highest BCUT2D eigenvalue weighted by molar-refractivity contribution is 5.41. The molecule has 0 aliphatic heterocycles. The standard InChI is InChI=1S/C11H9N5O/c17-11-14-13-8-16(11)10-3-1-9(2-4-10)15-6-5-12-7-15/h1-8H,(H,14,17). The average Bonchev–Trinajstić information content (AvgIpc) is 3.00. The first kappa shape index (κ1) is 9.59. The lowest BCUT2D eigenvalue weighted by Crippen LogP contribution is -2.13. The van der Waals surface area contributed by atoms with Gasteiger partial charge in [0.15, 0.2) is 0 Å². The molecule has 1 aromatic carbocycles. The summed E-state index contributed by atoms with van der Waals surface area (Å²) in [4.78, 5) is 15.3. The largest absolute Gasteiger partial charge is 0.347 e. The second kappa shape index (κ2) is 3.75. The van der Waals surface area contributed by atoms with E-state index in [1.165, 1.54) is 10.9 Å². The van der Waals surface area contributed by atoms with Gasteiger partial charge in [-0.05, 0) is 24.3 Å². The quantitative estimate of drug-likeness (QED) is 0.702. The highest BCUT2D eigenvalue weighted by Gasteiger charge is 2.01. The molecule has 0 saturated carbocycles. The van der Waals surface area contributed by atoms with Crippen LogP contribution in [-0.4, -0.2) is 24.3 Å². The molecule has 0 unspecified atom stereocenters. The number of aromatic amines is 1. The van der Waals surface area contributed by atoms with Gasteiger partial charge in [-0.15, -0.1) is 0 Å². The molecule has 0 fully saturated rings. The number of H-pyrrole nitrogens is 1. The number of hydrogen-bond donors (Lipinski definition) is 1. The van der Waals surface area contributed by atoms with Crippen LogP contribution in [0, 0.1) is 0 Å². The summed E-state index contributed by atoms with van der Waals surface area (Å²) in [7, 11) is 0. The normalized spacial score (nSPS) is 10.6. The molecule has 0 amide bonds. The Bertz CT molecular complexity index is 662. The van der Waals surface area contributed by atoms with Crippen LogP contribution in [-0.2, 0) is 0 Å². The van der Waals surface area contributed by atoms with Gasteiger partial charge in [0.05, 0.1) is 12.0 Å². The molecule has 3 rings (SSSR count). The summed E-state index contributed by atoms with van der Waals surface area (Å²) >= 11 is 0. The van der Waals surface area contributed by atoms with E-state index in [9.17, 15) is 4.79 Å². The zero-order valence-corrected chi connectivity index (χ0v) is 8.82. The summed E-state index contributed by atoms with van der Waals surface area (Å²) in [6.45, 7) is 0. The summed E-state index contributed by atoms with van der Waals surface area (Å²) in [6, 6.07) is 7.53.